The minimum atomic E-state index is -1.51. The summed E-state index contributed by atoms with van der Waals surface area (Å²) in [5.74, 6) is -0.384. The van der Waals surface area contributed by atoms with Gasteiger partial charge in [-0.2, -0.15) is 0 Å². The number of nitrogens with one attached hydrogen (secondary N) is 3. The molecule has 46 heavy (non-hydrogen) atoms. The minimum Gasteiger partial charge on any atom is -0.380 e. The highest BCUT2D eigenvalue weighted by Crippen LogP contribution is 2.42. The van der Waals surface area contributed by atoms with Crippen molar-refractivity contribution in [2.75, 3.05) is 24.3 Å². The van der Waals surface area contributed by atoms with E-state index in [4.69, 9.17) is 16.3 Å². The Morgan fingerprint density at radius 2 is 1.89 bits per heavy atom. The van der Waals surface area contributed by atoms with E-state index in [-0.39, 0.29) is 24.5 Å². The molecule has 3 aromatic rings. The Hall–Kier alpha value is -3.45. The Bertz CT molecular complexity index is 1570. The molecule has 0 radical (unpaired) electrons. The summed E-state index contributed by atoms with van der Waals surface area (Å²) < 4.78 is 37.4. The summed E-state index contributed by atoms with van der Waals surface area (Å²) in [5.41, 5.74) is 0.180. The maximum atomic E-state index is 15.5. The monoisotopic (exact) mass is 670 g/mol. The Morgan fingerprint density at radius 3 is 2.52 bits per heavy atom. The van der Waals surface area contributed by atoms with Gasteiger partial charge in [0.25, 0.3) is 0 Å². The molecule has 1 aromatic carbocycles. The van der Waals surface area contributed by atoms with Gasteiger partial charge >= 0.3 is 6.03 Å². The summed E-state index contributed by atoms with van der Waals surface area (Å²) in [5, 5.41) is 5.83. The number of hydrogen-bond acceptors (Lipinski definition) is 6. The molecule has 3 N–H and O–H groups in total. The van der Waals surface area contributed by atoms with Gasteiger partial charge < -0.3 is 15.0 Å². The lowest BCUT2D eigenvalue weighted by molar-refractivity contribution is -0.119. The number of rotatable bonds is 11. The molecule has 1 aliphatic heterocycles. The summed E-state index contributed by atoms with van der Waals surface area (Å²) in [6.07, 6.45) is 6.60. The second kappa shape index (κ2) is 14.1. The molecule has 3 unspecified atom stereocenters. The fourth-order valence-corrected chi connectivity index (χ4v) is 6.57. The molecule has 2 aliphatic rings. The van der Waals surface area contributed by atoms with Gasteiger partial charge in [0.15, 0.2) is 0 Å². The molecule has 2 aromatic heterocycles. The van der Waals surface area contributed by atoms with Crippen molar-refractivity contribution in [3.05, 3.63) is 83.0 Å². The Morgan fingerprint density at radius 1 is 1.11 bits per heavy atom. The van der Waals surface area contributed by atoms with Crippen LogP contribution in [-0.2, 0) is 26.1 Å². The third-order valence-electron chi connectivity index (χ3n) is 8.39. The number of hydrogen-bond donors (Lipinski definition) is 3. The van der Waals surface area contributed by atoms with Crippen LogP contribution in [0.2, 0.25) is 5.02 Å². The summed E-state index contributed by atoms with van der Waals surface area (Å²) in [6, 6.07) is 11.7. The number of methoxy groups -OCH3 is 1. The molecule has 3 heterocycles. The third kappa shape index (κ3) is 7.91. The van der Waals surface area contributed by atoms with Crippen molar-refractivity contribution >= 4 is 46.0 Å². The fraction of sp³-hybridized carbons (Fsp3) is 0.455. The van der Waals surface area contributed by atoms with Crippen molar-refractivity contribution in [2.45, 2.75) is 75.3 Å². The van der Waals surface area contributed by atoms with Gasteiger partial charge in [-0.1, -0.05) is 36.6 Å². The van der Waals surface area contributed by atoms with E-state index in [1.807, 2.05) is 39.0 Å². The van der Waals surface area contributed by atoms with Crippen LogP contribution in [0.25, 0.3) is 0 Å². The molecule has 10 nitrogen and oxygen atoms in total. The minimum absolute atomic E-state index is 0.0573. The summed E-state index contributed by atoms with van der Waals surface area (Å²) >= 11 is 5.91. The van der Waals surface area contributed by atoms with Crippen LogP contribution in [0.1, 0.15) is 64.1 Å². The number of pyridine rings is 2. The summed E-state index contributed by atoms with van der Waals surface area (Å²) in [7, 11) is 0.00344. The van der Waals surface area contributed by atoms with Gasteiger partial charge in [0.05, 0.1) is 43.8 Å². The topological polar surface area (TPSA) is 126 Å². The van der Waals surface area contributed by atoms with Crippen molar-refractivity contribution < 1.29 is 22.9 Å². The first-order valence-electron chi connectivity index (χ1n) is 15.3. The van der Waals surface area contributed by atoms with E-state index in [2.05, 4.69) is 25.3 Å². The van der Waals surface area contributed by atoms with Crippen LogP contribution >= 0.6 is 11.6 Å². The number of halogens is 2. The number of carbonyl (C=O) groups is 2. The highest BCUT2D eigenvalue weighted by atomic mass is 35.5. The van der Waals surface area contributed by atoms with E-state index in [0.717, 1.165) is 19.3 Å². The smallest absolute Gasteiger partial charge is 0.323 e. The van der Waals surface area contributed by atoms with Gasteiger partial charge in [-0.15, -0.1) is 0 Å². The molecule has 246 valence electrons. The van der Waals surface area contributed by atoms with Crippen LogP contribution in [-0.4, -0.2) is 61.6 Å². The van der Waals surface area contributed by atoms with Crippen molar-refractivity contribution in [1.82, 2.24) is 19.6 Å². The average molecular weight is 671 g/mol. The maximum Gasteiger partial charge on any atom is 0.323 e. The largest absolute Gasteiger partial charge is 0.380 e. The second-order valence-electron chi connectivity index (χ2n) is 12.8. The van der Waals surface area contributed by atoms with E-state index in [1.165, 1.54) is 24.3 Å². The Labute approximate surface area is 276 Å². The van der Waals surface area contributed by atoms with E-state index in [0.29, 0.717) is 28.6 Å². The van der Waals surface area contributed by atoms with Crippen LogP contribution in [0.3, 0.4) is 0 Å². The number of nitrogens with zero attached hydrogens (tertiary/aromatic N) is 3. The highest BCUT2D eigenvalue weighted by molar-refractivity contribution is 7.84. The zero-order valence-electron chi connectivity index (χ0n) is 26.4. The van der Waals surface area contributed by atoms with Crippen molar-refractivity contribution in [3.8, 4) is 0 Å². The predicted octanol–water partition coefficient (Wildman–Crippen LogP) is 6.01. The zero-order chi connectivity index (χ0) is 33.1. The lowest BCUT2D eigenvalue weighted by Crippen LogP contribution is -2.49. The lowest BCUT2D eigenvalue weighted by atomic mass is 9.82. The molecule has 4 atom stereocenters. The lowest BCUT2D eigenvalue weighted by Gasteiger charge is -2.37. The molecule has 1 aliphatic carbocycles. The number of urea groups is 1. The third-order valence-corrected chi connectivity index (χ3v) is 10.3. The van der Waals surface area contributed by atoms with Crippen LogP contribution < -0.4 is 15.4 Å². The van der Waals surface area contributed by atoms with Gasteiger partial charge in [0, 0.05) is 32.5 Å². The number of likely N-dealkylation sites (tertiary alicyclic amines) is 1. The number of benzene rings is 1. The normalized spacial score (nSPS) is 20.2. The van der Waals surface area contributed by atoms with Gasteiger partial charge in [0.2, 0.25) is 5.91 Å². The maximum absolute atomic E-state index is 15.5. The van der Waals surface area contributed by atoms with Crippen molar-refractivity contribution in [2.24, 2.45) is 5.92 Å². The fourth-order valence-electron chi connectivity index (χ4n) is 5.51. The quantitative estimate of drug-likeness (QED) is 0.229. The van der Waals surface area contributed by atoms with Crippen LogP contribution in [0, 0.1) is 11.7 Å². The SMILES string of the molecule is COC1CC(C(=O)Nc2cc(C(CCC3CC3)(N[S@@](=O)C(C)(C)C)c3ccccn3)ccc2F)N(C(=O)Nc2ccc(Cl)cn2)C1. The molecule has 1 saturated carbocycles. The molecule has 0 bridgehead atoms. The number of ether oxygens (including phenoxy) is 1. The molecular formula is C33H40ClFN6O4S. The van der Waals surface area contributed by atoms with Crippen molar-refractivity contribution in [1.29, 1.82) is 0 Å². The summed E-state index contributed by atoms with van der Waals surface area (Å²) in [4.78, 5) is 37.1. The number of aromatic nitrogens is 2. The average Bonchev–Trinajstić information content (AvgIpc) is 3.76. The first-order valence-corrected chi connectivity index (χ1v) is 16.9. The second-order valence-corrected chi connectivity index (χ2v) is 15.2. The van der Waals surface area contributed by atoms with Crippen LogP contribution in [0.15, 0.2) is 60.9 Å². The number of amides is 3. The van der Waals surface area contributed by atoms with E-state index in [9.17, 15) is 13.8 Å². The number of anilines is 2. The zero-order valence-corrected chi connectivity index (χ0v) is 28.0. The molecule has 5 rings (SSSR count). The molecule has 2 fully saturated rings. The van der Waals surface area contributed by atoms with Crippen LogP contribution in [0.5, 0.6) is 0 Å². The van der Waals surface area contributed by atoms with E-state index >= 15 is 4.39 Å². The van der Waals surface area contributed by atoms with Gasteiger partial charge in [-0.05, 0) is 81.5 Å². The highest BCUT2D eigenvalue weighted by Gasteiger charge is 2.43. The summed E-state index contributed by atoms with van der Waals surface area (Å²) in [6.45, 7) is 5.81. The first-order chi connectivity index (χ1) is 21.9. The molecular weight excluding hydrogens is 631 g/mol. The predicted molar refractivity (Wildman–Crippen MR) is 177 cm³/mol. The first kappa shape index (κ1) is 33.9. The van der Waals surface area contributed by atoms with Gasteiger partial charge in [0.1, 0.15) is 17.7 Å². The molecule has 13 heteroatoms. The van der Waals surface area contributed by atoms with Gasteiger partial charge in [-0.25, -0.2) is 23.1 Å². The van der Waals surface area contributed by atoms with Crippen molar-refractivity contribution in [3.63, 3.8) is 0 Å². The van der Waals surface area contributed by atoms with E-state index in [1.54, 1.807) is 30.5 Å². The number of carbonyl (C=O) groups excluding carboxylic acids is 2. The van der Waals surface area contributed by atoms with Crippen LogP contribution in [0.4, 0.5) is 20.7 Å². The molecule has 1 saturated heterocycles. The Balaban J connectivity index is 1.46. The Kier molecular flexibility index (Phi) is 10.4. The molecule has 3 amide bonds. The standard InChI is InChI=1S/C33H40ClFN6O4S/c1-32(2,3)46(44)40-33(15-14-21-8-9-21,28-7-5-6-16-36-28)22-10-12-25(35)26(17-22)38-30(42)27-18-24(45-4)20-41(27)31(43)39-29-13-11-23(34)19-37-29/h5-7,10-13,16-17,19,21,24,27,40H,8-9,14-15,18,20H2,1-4H3,(H,38,42)(H,37,39,43)/t24?,27?,33?,46-/m0/s1. The van der Waals surface area contributed by atoms with Gasteiger partial charge in [-0.3, -0.25) is 15.1 Å². The van der Waals surface area contributed by atoms with E-state index < -0.39 is 51.2 Å². The molecule has 0 spiro atoms.